The number of para-hydroxylation sites is 2. The number of benzene rings is 1. The molecule has 0 heterocycles. The summed E-state index contributed by atoms with van der Waals surface area (Å²) in [5.41, 5.74) is 5.75. The van der Waals surface area contributed by atoms with Crippen LogP contribution in [-0.4, -0.2) is 30.1 Å². The van der Waals surface area contributed by atoms with Crippen molar-refractivity contribution in [2.75, 3.05) is 18.5 Å². The fourth-order valence-corrected chi connectivity index (χ4v) is 2.67. The van der Waals surface area contributed by atoms with Gasteiger partial charge in [0.1, 0.15) is 5.75 Å². The molecule has 2 rings (SSSR count). The first-order chi connectivity index (χ1) is 10.1. The fourth-order valence-electron chi connectivity index (χ4n) is 2.67. The number of carboxylic acids is 1. The highest BCUT2D eigenvalue weighted by Crippen LogP contribution is 2.38. The van der Waals surface area contributed by atoms with Gasteiger partial charge < -0.3 is 20.9 Å². The van der Waals surface area contributed by atoms with Gasteiger partial charge in [0.05, 0.1) is 11.1 Å². The Kier molecular flexibility index (Phi) is 4.80. The van der Waals surface area contributed by atoms with Crippen LogP contribution in [-0.2, 0) is 9.59 Å². The van der Waals surface area contributed by atoms with Crippen LogP contribution in [0.1, 0.15) is 25.7 Å². The second kappa shape index (κ2) is 6.58. The molecular formula is C15H20N2O4. The molecule has 1 aliphatic carbocycles. The minimum absolute atomic E-state index is 0.117. The van der Waals surface area contributed by atoms with Gasteiger partial charge in [0.25, 0.3) is 0 Å². The molecule has 0 radical (unpaired) electrons. The van der Waals surface area contributed by atoms with E-state index in [1.807, 2.05) is 0 Å². The van der Waals surface area contributed by atoms with Crippen LogP contribution in [0.25, 0.3) is 0 Å². The van der Waals surface area contributed by atoms with Crippen LogP contribution in [0.5, 0.6) is 5.75 Å². The molecule has 0 aromatic heterocycles. The molecule has 4 N–H and O–H groups in total. The summed E-state index contributed by atoms with van der Waals surface area (Å²) < 4.78 is 5.18. The zero-order chi connectivity index (χ0) is 15.3. The minimum atomic E-state index is -1.06. The maximum atomic E-state index is 12.5. The van der Waals surface area contributed by atoms with Crippen LogP contribution >= 0.6 is 0 Å². The molecule has 1 fully saturated rings. The number of hydrogen-bond donors (Lipinski definition) is 3. The summed E-state index contributed by atoms with van der Waals surface area (Å²) in [5.74, 6) is -0.836. The van der Waals surface area contributed by atoms with Crippen LogP contribution in [0.2, 0.25) is 0 Å². The van der Waals surface area contributed by atoms with E-state index < -0.39 is 18.0 Å². The van der Waals surface area contributed by atoms with Crippen molar-refractivity contribution in [2.24, 2.45) is 11.1 Å². The number of amides is 1. The van der Waals surface area contributed by atoms with Gasteiger partial charge in [-0.3, -0.25) is 4.79 Å². The number of carbonyl (C=O) groups is 2. The average Bonchev–Trinajstić information content (AvgIpc) is 2.96. The third-order valence-electron chi connectivity index (χ3n) is 3.92. The fraction of sp³-hybridized carbons (Fsp3) is 0.467. The predicted molar refractivity (Wildman–Crippen MR) is 78.2 cm³/mol. The van der Waals surface area contributed by atoms with Crippen molar-refractivity contribution < 1.29 is 19.4 Å². The summed E-state index contributed by atoms with van der Waals surface area (Å²) in [4.78, 5) is 23.1. The van der Waals surface area contributed by atoms with Crippen LogP contribution in [0.3, 0.4) is 0 Å². The lowest BCUT2D eigenvalue weighted by molar-refractivity contribution is -0.139. The highest BCUT2D eigenvalue weighted by atomic mass is 16.5. The summed E-state index contributed by atoms with van der Waals surface area (Å²) in [6.07, 6.45) is 3.57. The number of hydrogen-bond acceptors (Lipinski definition) is 4. The normalized spacial score (nSPS) is 16.4. The SMILES string of the molecule is NCC1(C(=O)Nc2ccccc2OCC(=O)O)CCCC1. The smallest absolute Gasteiger partial charge is 0.341 e. The molecule has 1 aliphatic rings. The van der Waals surface area contributed by atoms with Gasteiger partial charge in [-0.1, -0.05) is 25.0 Å². The van der Waals surface area contributed by atoms with Crippen molar-refractivity contribution >= 4 is 17.6 Å². The first kappa shape index (κ1) is 15.3. The van der Waals surface area contributed by atoms with Gasteiger partial charge in [0, 0.05) is 6.54 Å². The van der Waals surface area contributed by atoms with Crippen molar-refractivity contribution in [3.63, 3.8) is 0 Å². The Balaban J connectivity index is 2.11. The Morgan fingerprint density at radius 1 is 1.29 bits per heavy atom. The molecule has 0 bridgehead atoms. The highest BCUT2D eigenvalue weighted by Gasteiger charge is 2.40. The highest BCUT2D eigenvalue weighted by molar-refractivity contribution is 5.97. The third-order valence-corrected chi connectivity index (χ3v) is 3.92. The summed E-state index contributed by atoms with van der Waals surface area (Å²) in [7, 11) is 0. The molecule has 0 saturated heterocycles. The molecule has 1 aromatic carbocycles. The number of carboxylic acid groups (broad SMARTS) is 1. The van der Waals surface area contributed by atoms with Gasteiger partial charge in [0.2, 0.25) is 5.91 Å². The summed E-state index contributed by atoms with van der Waals surface area (Å²) in [5, 5.41) is 11.5. The average molecular weight is 292 g/mol. The van der Waals surface area contributed by atoms with E-state index in [0.717, 1.165) is 25.7 Å². The number of nitrogens with one attached hydrogen (secondary N) is 1. The monoisotopic (exact) mass is 292 g/mol. The number of anilines is 1. The number of carbonyl (C=O) groups excluding carboxylic acids is 1. The Morgan fingerprint density at radius 2 is 1.95 bits per heavy atom. The van der Waals surface area contributed by atoms with Crippen LogP contribution < -0.4 is 15.8 Å². The molecule has 6 heteroatoms. The van der Waals surface area contributed by atoms with Gasteiger partial charge in [-0.2, -0.15) is 0 Å². The summed E-state index contributed by atoms with van der Waals surface area (Å²) in [6, 6.07) is 6.80. The molecule has 1 saturated carbocycles. The van der Waals surface area contributed by atoms with Crippen LogP contribution in [0, 0.1) is 5.41 Å². The van der Waals surface area contributed by atoms with E-state index in [-0.39, 0.29) is 5.91 Å². The van der Waals surface area contributed by atoms with E-state index >= 15 is 0 Å². The van der Waals surface area contributed by atoms with Gasteiger partial charge in [-0.05, 0) is 25.0 Å². The first-order valence-electron chi connectivity index (χ1n) is 7.02. The molecule has 0 unspecified atom stereocenters. The summed E-state index contributed by atoms with van der Waals surface area (Å²) in [6.45, 7) is -0.133. The molecule has 0 aliphatic heterocycles. The van der Waals surface area contributed by atoms with Crippen molar-refractivity contribution in [1.82, 2.24) is 0 Å². The Hall–Kier alpha value is -2.08. The van der Waals surface area contributed by atoms with Crippen molar-refractivity contribution in [2.45, 2.75) is 25.7 Å². The lowest BCUT2D eigenvalue weighted by Crippen LogP contribution is -2.40. The third kappa shape index (κ3) is 3.52. The molecule has 21 heavy (non-hydrogen) atoms. The lowest BCUT2D eigenvalue weighted by Gasteiger charge is -2.26. The van der Waals surface area contributed by atoms with E-state index in [4.69, 9.17) is 15.6 Å². The molecule has 0 atom stereocenters. The van der Waals surface area contributed by atoms with Gasteiger partial charge >= 0.3 is 5.97 Å². The lowest BCUT2D eigenvalue weighted by atomic mass is 9.85. The van der Waals surface area contributed by atoms with E-state index in [1.54, 1.807) is 24.3 Å². The van der Waals surface area contributed by atoms with E-state index in [0.29, 0.717) is 18.0 Å². The van der Waals surface area contributed by atoms with E-state index in [9.17, 15) is 9.59 Å². The Bertz CT molecular complexity index is 524. The standard InChI is InChI=1S/C15H20N2O4/c16-10-15(7-3-4-8-15)14(20)17-11-5-1-2-6-12(11)21-9-13(18)19/h1-2,5-6H,3-4,7-10,16H2,(H,17,20)(H,18,19). The van der Waals surface area contributed by atoms with Gasteiger partial charge in [0.15, 0.2) is 6.61 Å². The number of nitrogens with two attached hydrogens (primary N) is 1. The number of aliphatic carboxylic acids is 1. The van der Waals surface area contributed by atoms with Gasteiger partial charge in [-0.15, -0.1) is 0 Å². The molecule has 1 amide bonds. The Morgan fingerprint density at radius 3 is 2.57 bits per heavy atom. The van der Waals surface area contributed by atoms with Crippen LogP contribution in [0.4, 0.5) is 5.69 Å². The number of ether oxygens (including phenoxy) is 1. The second-order valence-corrected chi connectivity index (χ2v) is 5.32. The molecule has 114 valence electrons. The van der Waals surface area contributed by atoms with Crippen LogP contribution in [0.15, 0.2) is 24.3 Å². The van der Waals surface area contributed by atoms with E-state index in [2.05, 4.69) is 5.32 Å². The zero-order valence-electron chi connectivity index (χ0n) is 11.8. The van der Waals surface area contributed by atoms with Crippen molar-refractivity contribution in [3.05, 3.63) is 24.3 Å². The molecule has 6 nitrogen and oxygen atoms in total. The zero-order valence-corrected chi connectivity index (χ0v) is 11.8. The summed E-state index contributed by atoms with van der Waals surface area (Å²) >= 11 is 0. The van der Waals surface area contributed by atoms with Crippen molar-refractivity contribution in [3.8, 4) is 5.75 Å². The predicted octanol–water partition coefficient (Wildman–Crippen LogP) is 1.61. The molecule has 1 aromatic rings. The quantitative estimate of drug-likeness (QED) is 0.739. The molecular weight excluding hydrogens is 272 g/mol. The molecule has 0 spiro atoms. The first-order valence-corrected chi connectivity index (χ1v) is 7.02. The largest absolute Gasteiger partial charge is 0.480 e. The minimum Gasteiger partial charge on any atom is -0.480 e. The van der Waals surface area contributed by atoms with Gasteiger partial charge in [-0.25, -0.2) is 4.79 Å². The van der Waals surface area contributed by atoms with E-state index in [1.165, 1.54) is 0 Å². The second-order valence-electron chi connectivity index (χ2n) is 5.32. The number of rotatable bonds is 6. The maximum Gasteiger partial charge on any atom is 0.341 e. The Labute approximate surface area is 123 Å². The maximum absolute atomic E-state index is 12.5. The topological polar surface area (TPSA) is 102 Å². The van der Waals surface area contributed by atoms with Crippen molar-refractivity contribution in [1.29, 1.82) is 0 Å².